The number of rotatable bonds is 4. The van der Waals surface area contributed by atoms with E-state index in [0.717, 1.165) is 33.1 Å². The Kier molecular flexibility index (Phi) is 6.28. The molecule has 3 heterocycles. The van der Waals surface area contributed by atoms with Crippen LogP contribution >= 0.6 is 7.14 Å². The van der Waals surface area contributed by atoms with Crippen molar-refractivity contribution in [3.8, 4) is 33.9 Å². The molecular weight excluding hydrogens is 634 g/mol. The fraction of sp³-hybridized carbons (Fsp3) is 0.0345. The topological polar surface area (TPSA) is 52.1 Å². The van der Waals surface area contributed by atoms with Crippen LogP contribution in [0.1, 0.15) is 5.56 Å². The molecule has 1 unspecified atom stereocenters. The van der Waals surface area contributed by atoms with E-state index in [-0.39, 0.29) is 21.1 Å². The number of nitrogens with zero attached hydrogens (tertiary/aromatic N) is 2. The number of pyridine rings is 2. The van der Waals surface area contributed by atoms with Crippen LogP contribution in [0.4, 0.5) is 0 Å². The Balaban J connectivity index is 0.00000253. The van der Waals surface area contributed by atoms with E-state index >= 15 is 0 Å². The third kappa shape index (κ3) is 4.08. The monoisotopic (exact) mass is 653 g/mol. The van der Waals surface area contributed by atoms with Gasteiger partial charge in [0.2, 0.25) is 5.88 Å². The largest absolute Gasteiger partial charge is 2.00 e. The van der Waals surface area contributed by atoms with E-state index in [4.69, 9.17) is 4.74 Å². The number of aryl methyl sites for hydroxylation is 1. The second-order valence-electron chi connectivity index (χ2n) is 8.15. The van der Waals surface area contributed by atoms with Crippen LogP contribution in [0.3, 0.4) is 0 Å². The molecule has 0 radical (unpaired) electrons. The van der Waals surface area contributed by atoms with Gasteiger partial charge in [0.25, 0.3) is 0 Å². The summed E-state index contributed by atoms with van der Waals surface area (Å²) in [7, 11) is -3.16. The molecule has 1 aliphatic heterocycles. The number of benzene rings is 3. The molecule has 5 aromatic rings. The average molecular weight is 654 g/mol. The molecule has 0 bridgehead atoms. The van der Waals surface area contributed by atoms with Crippen molar-refractivity contribution in [1.29, 1.82) is 0 Å². The van der Waals surface area contributed by atoms with Crippen LogP contribution in [0.15, 0.2) is 97.3 Å². The summed E-state index contributed by atoms with van der Waals surface area (Å²) in [5, 5.41) is 1.50. The van der Waals surface area contributed by atoms with Crippen molar-refractivity contribution < 1.29 is 30.4 Å². The van der Waals surface area contributed by atoms with Crippen molar-refractivity contribution in [3.05, 3.63) is 115 Å². The van der Waals surface area contributed by atoms with Gasteiger partial charge in [-0.1, -0.05) is 47.3 Å². The van der Waals surface area contributed by atoms with Gasteiger partial charge in [-0.05, 0) is 30.2 Å². The molecule has 3 aromatic carbocycles. The molecule has 35 heavy (non-hydrogen) atoms. The van der Waals surface area contributed by atoms with Gasteiger partial charge in [0, 0.05) is 29.5 Å². The number of hydrogen-bond donors (Lipinski definition) is 0. The summed E-state index contributed by atoms with van der Waals surface area (Å²) >= 11 is 0. The molecule has 0 amide bonds. The quantitative estimate of drug-likeness (QED) is 0.187. The third-order valence-corrected chi connectivity index (χ3v) is 8.86. The van der Waals surface area contributed by atoms with Crippen LogP contribution in [-0.2, 0) is 25.6 Å². The first-order valence-electron chi connectivity index (χ1n) is 10.9. The molecule has 2 aromatic heterocycles. The minimum Gasteiger partial charge on any atom is -0.460 e. The van der Waals surface area contributed by atoms with Crippen molar-refractivity contribution in [2.45, 2.75) is 6.92 Å². The summed E-state index contributed by atoms with van der Waals surface area (Å²) in [5.41, 5.74) is 5.11. The van der Waals surface area contributed by atoms with E-state index in [1.165, 1.54) is 0 Å². The SMILES string of the molecule is Cc1ccc(P2(=O)c3[c-]c(-c4[c-]c(Oc5ccccn5)ccc4)ccc3-c3ccccc32)nc1.[Pt+2]. The fourth-order valence-electron chi connectivity index (χ4n) is 4.27. The molecule has 0 N–H and O–H groups in total. The van der Waals surface area contributed by atoms with Crippen LogP contribution in [0, 0.1) is 19.1 Å². The first kappa shape index (κ1) is 23.4. The maximum Gasteiger partial charge on any atom is 2.00 e. The first-order valence-corrected chi connectivity index (χ1v) is 12.7. The summed E-state index contributed by atoms with van der Waals surface area (Å²) in [6, 6.07) is 33.7. The van der Waals surface area contributed by atoms with Gasteiger partial charge in [-0.3, -0.25) is 4.98 Å². The number of aromatic nitrogens is 2. The maximum atomic E-state index is 14.7. The van der Waals surface area contributed by atoms with E-state index in [1.807, 2.05) is 85.8 Å². The zero-order chi connectivity index (χ0) is 23.1. The smallest absolute Gasteiger partial charge is 0.460 e. The van der Waals surface area contributed by atoms with Gasteiger partial charge >= 0.3 is 21.1 Å². The van der Waals surface area contributed by atoms with Crippen molar-refractivity contribution in [3.63, 3.8) is 0 Å². The van der Waals surface area contributed by atoms with Gasteiger partial charge in [0.05, 0.1) is 0 Å². The Hall–Kier alpha value is -3.32. The summed E-state index contributed by atoms with van der Waals surface area (Å²) in [6.07, 6.45) is 3.45. The Morgan fingerprint density at radius 3 is 2.40 bits per heavy atom. The van der Waals surface area contributed by atoms with Crippen LogP contribution < -0.4 is 20.8 Å². The van der Waals surface area contributed by atoms with Gasteiger partial charge < -0.3 is 9.30 Å². The van der Waals surface area contributed by atoms with Crippen molar-refractivity contribution >= 4 is 23.2 Å². The maximum absolute atomic E-state index is 14.7. The Morgan fingerprint density at radius 1 is 0.771 bits per heavy atom. The predicted octanol–water partition coefficient (Wildman–Crippen LogP) is 5.46. The number of hydrogen-bond acceptors (Lipinski definition) is 4. The third-order valence-electron chi connectivity index (χ3n) is 5.90. The van der Waals surface area contributed by atoms with Crippen molar-refractivity contribution in [2.24, 2.45) is 0 Å². The first-order chi connectivity index (χ1) is 16.6. The molecule has 1 atom stereocenters. The van der Waals surface area contributed by atoms with E-state index < -0.39 is 7.14 Å². The second-order valence-corrected chi connectivity index (χ2v) is 10.8. The molecule has 0 fully saturated rings. The summed E-state index contributed by atoms with van der Waals surface area (Å²) in [5.74, 6) is 1.05. The zero-order valence-corrected chi connectivity index (χ0v) is 21.9. The molecule has 0 saturated heterocycles. The minimum atomic E-state index is -3.16. The Morgan fingerprint density at radius 2 is 1.60 bits per heavy atom. The Bertz CT molecular complexity index is 1570. The summed E-state index contributed by atoms with van der Waals surface area (Å²) < 4.78 is 20.6. The van der Waals surface area contributed by atoms with Crippen LogP contribution in [-0.4, -0.2) is 9.97 Å². The normalized spacial score (nSPS) is 15.6. The van der Waals surface area contributed by atoms with Crippen LogP contribution in [0.5, 0.6) is 11.6 Å². The van der Waals surface area contributed by atoms with E-state index in [1.54, 1.807) is 18.5 Å². The molecule has 6 heteroatoms. The standard InChI is InChI=1S/C29H19N2O2P.Pt/c1-20-12-15-29(31-19-20)34(32)26-10-3-2-9-24(26)25-14-13-22(18-27(25)34)21-7-6-8-23(17-21)33-28-11-4-5-16-30-28;/h2-16,19H,1H3;/q-2;+2. The van der Waals surface area contributed by atoms with Crippen LogP contribution in [0.2, 0.25) is 0 Å². The van der Waals surface area contributed by atoms with Crippen molar-refractivity contribution in [1.82, 2.24) is 9.97 Å². The zero-order valence-electron chi connectivity index (χ0n) is 18.7. The second kappa shape index (κ2) is 9.38. The van der Waals surface area contributed by atoms with Gasteiger partial charge in [0.1, 0.15) is 5.44 Å². The van der Waals surface area contributed by atoms with E-state index in [9.17, 15) is 4.57 Å². The van der Waals surface area contributed by atoms with Gasteiger partial charge in [-0.2, -0.15) is 24.3 Å². The molecule has 0 spiro atoms. The molecule has 6 rings (SSSR count). The van der Waals surface area contributed by atoms with Gasteiger partial charge in [-0.25, -0.2) is 16.1 Å². The Labute approximate surface area is 218 Å². The number of ether oxygens (including phenoxy) is 1. The van der Waals surface area contributed by atoms with E-state index in [2.05, 4.69) is 22.1 Å². The van der Waals surface area contributed by atoms with Gasteiger partial charge in [-0.15, -0.1) is 18.2 Å². The molecular formula is C29H19N2O2PPt. The van der Waals surface area contributed by atoms with Crippen LogP contribution in [0.25, 0.3) is 22.3 Å². The molecule has 0 saturated carbocycles. The van der Waals surface area contributed by atoms with Gasteiger partial charge in [0.15, 0.2) is 7.14 Å². The van der Waals surface area contributed by atoms with E-state index in [0.29, 0.717) is 22.4 Å². The average Bonchev–Trinajstić information content (AvgIpc) is 3.14. The predicted molar refractivity (Wildman–Crippen MR) is 135 cm³/mol. The summed E-state index contributed by atoms with van der Waals surface area (Å²) in [6.45, 7) is 1.98. The molecule has 1 aliphatic rings. The van der Waals surface area contributed by atoms with Crippen molar-refractivity contribution in [2.75, 3.05) is 0 Å². The number of fused-ring (bicyclic) bond motifs is 3. The fourth-order valence-corrected chi connectivity index (χ4v) is 7.13. The molecule has 172 valence electrons. The summed E-state index contributed by atoms with van der Waals surface area (Å²) in [4.78, 5) is 8.79. The molecule has 4 nitrogen and oxygen atoms in total. The molecule has 0 aliphatic carbocycles. The minimum absolute atomic E-state index is 0.